The summed E-state index contributed by atoms with van der Waals surface area (Å²) >= 11 is 0. The summed E-state index contributed by atoms with van der Waals surface area (Å²) in [6.45, 7) is 3.92. The first-order valence-electron chi connectivity index (χ1n) is 6.12. The Morgan fingerprint density at radius 2 is 2.07 bits per heavy atom. The lowest BCUT2D eigenvalue weighted by Crippen LogP contribution is -2.48. The van der Waals surface area contributed by atoms with Crippen molar-refractivity contribution in [2.75, 3.05) is 13.2 Å². The van der Waals surface area contributed by atoms with Crippen LogP contribution in [0.5, 0.6) is 0 Å². The SMILES string of the molecule is CCC1(CNC2CC(CO)C2)CCC1. The highest BCUT2D eigenvalue weighted by atomic mass is 16.3. The highest BCUT2D eigenvalue weighted by Gasteiger charge is 2.36. The van der Waals surface area contributed by atoms with Gasteiger partial charge in [0.25, 0.3) is 0 Å². The molecular weight excluding hydrogens is 174 g/mol. The molecule has 82 valence electrons. The van der Waals surface area contributed by atoms with E-state index in [9.17, 15) is 0 Å². The van der Waals surface area contributed by atoms with Gasteiger partial charge in [-0.25, -0.2) is 0 Å². The van der Waals surface area contributed by atoms with E-state index in [1.807, 2.05) is 0 Å². The summed E-state index contributed by atoms with van der Waals surface area (Å²) in [5.41, 5.74) is 0.643. The molecule has 0 radical (unpaired) electrons. The van der Waals surface area contributed by atoms with Crippen LogP contribution in [-0.2, 0) is 0 Å². The summed E-state index contributed by atoms with van der Waals surface area (Å²) in [4.78, 5) is 0. The van der Waals surface area contributed by atoms with Crippen molar-refractivity contribution in [3.8, 4) is 0 Å². The van der Waals surface area contributed by atoms with Crippen LogP contribution in [0.2, 0.25) is 0 Å². The van der Waals surface area contributed by atoms with Crippen molar-refractivity contribution in [3.63, 3.8) is 0 Å². The summed E-state index contributed by atoms with van der Waals surface area (Å²) in [6, 6.07) is 0.705. The van der Waals surface area contributed by atoms with Crippen LogP contribution < -0.4 is 5.32 Å². The van der Waals surface area contributed by atoms with Crippen LogP contribution in [0.15, 0.2) is 0 Å². The Kier molecular flexibility index (Phi) is 3.13. The van der Waals surface area contributed by atoms with Crippen molar-refractivity contribution in [3.05, 3.63) is 0 Å². The molecule has 0 heterocycles. The summed E-state index contributed by atoms with van der Waals surface area (Å²) < 4.78 is 0. The third-order valence-corrected chi connectivity index (χ3v) is 4.42. The maximum atomic E-state index is 8.91. The van der Waals surface area contributed by atoms with Crippen molar-refractivity contribution in [1.82, 2.24) is 5.32 Å². The molecule has 0 aliphatic heterocycles. The number of aliphatic hydroxyl groups excluding tert-OH is 1. The molecule has 0 aromatic carbocycles. The van der Waals surface area contributed by atoms with E-state index in [4.69, 9.17) is 5.11 Å². The zero-order valence-corrected chi connectivity index (χ0v) is 9.26. The molecule has 2 nitrogen and oxygen atoms in total. The van der Waals surface area contributed by atoms with Crippen molar-refractivity contribution in [1.29, 1.82) is 0 Å². The fourth-order valence-electron chi connectivity index (χ4n) is 2.74. The first kappa shape index (κ1) is 10.4. The van der Waals surface area contributed by atoms with Crippen LogP contribution in [0.25, 0.3) is 0 Å². The van der Waals surface area contributed by atoms with E-state index < -0.39 is 0 Å². The molecule has 2 aliphatic carbocycles. The first-order valence-corrected chi connectivity index (χ1v) is 6.12. The summed E-state index contributed by atoms with van der Waals surface area (Å²) in [7, 11) is 0. The molecular formula is C12H23NO. The standard InChI is InChI=1S/C12H23NO/c1-2-12(4-3-5-12)9-13-11-6-10(7-11)8-14/h10-11,13-14H,2-9H2,1H3. The Hall–Kier alpha value is -0.0800. The van der Waals surface area contributed by atoms with E-state index in [1.54, 1.807) is 0 Å². The molecule has 2 rings (SSSR count). The van der Waals surface area contributed by atoms with Gasteiger partial charge < -0.3 is 10.4 Å². The van der Waals surface area contributed by atoms with Crippen LogP contribution >= 0.6 is 0 Å². The molecule has 2 heteroatoms. The minimum atomic E-state index is 0.386. The third-order valence-electron chi connectivity index (χ3n) is 4.42. The molecule has 0 unspecified atom stereocenters. The van der Waals surface area contributed by atoms with Gasteiger partial charge in [0.15, 0.2) is 0 Å². The van der Waals surface area contributed by atoms with Gasteiger partial charge in [-0.15, -0.1) is 0 Å². The normalized spacial score (nSPS) is 34.7. The fraction of sp³-hybridized carbons (Fsp3) is 1.00. The Labute approximate surface area is 87.1 Å². The number of nitrogens with one attached hydrogen (secondary N) is 1. The maximum Gasteiger partial charge on any atom is 0.0460 e. The van der Waals surface area contributed by atoms with E-state index in [-0.39, 0.29) is 0 Å². The van der Waals surface area contributed by atoms with Gasteiger partial charge in [0.05, 0.1) is 0 Å². The highest BCUT2D eigenvalue weighted by molar-refractivity contribution is 4.92. The van der Waals surface area contributed by atoms with E-state index in [2.05, 4.69) is 12.2 Å². The molecule has 0 atom stereocenters. The summed E-state index contributed by atoms with van der Waals surface area (Å²) in [5.74, 6) is 0.589. The van der Waals surface area contributed by atoms with Gasteiger partial charge in [-0.05, 0) is 43.4 Å². The van der Waals surface area contributed by atoms with E-state index in [0.29, 0.717) is 24.0 Å². The highest BCUT2D eigenvalue weighted by Crippen LogP contribution is 2.43. The largest absolute Gasteiger partial charge is 0.396 e. The maximum absolute atomic E-state index is 8.91. The number of rotatable bonds is 5. The molecule has 2 fully saturated rings. The molecule has 0 amide bonds. The third kappa shape index (κ3) is 1.96. The van der Waals surface area contributed by atoms with Crippen LogP contribution in [0.1, 0.15) is 45.4 Å². The predicted octanol–water partition coefficient (Wildman–Crippen LogP) is 1.93. The lowest BCUT2D eigenvalue weighted by atomic mass is 9.66. The average molecular weight is 197 g/mol. The smallest absolute Gasteiger partial charge is 0.0460 e. The lowest BCUT2D eigenvalue weighted by molar-refractivity contribution is 0.0849. The summed E-state index contributed by atoms with van der Waals surface area (Å²) in [6.07, 6.45) is 7.99. The van der Waals surface area contributed by atoms with Gasteiger partial charge in [0.1, 0.15) is 0 Å². The second-order valence-electron chi connectivity index (χ2n) is 5.30. The van der Waals surface area contributed by atoms with Crippen molar-refractivity contribution >= 4 is 0 Å². The fourth-order valence-corrected chi connectivity index (χ4v) is 2.74. The van der Waals surface area contributed by atoms with Crippen LogP contribution in [-0.4, -0.2) is 24.3 Å². The van der Waals surface area contributed by atoms with Gasteiger partial charge in [0, 0.05) is 19.2 Å². The molecule has 2 aliphatic rings. The molecule has 0 bridgehead atoms. The van der Waals surface area contributed by atoms with Crippen LogP contribution in [0.3, 0.4) is 0 Å². The van der Waals surface area contributed by atoms with Crippen molar-refractivity contribution in [2.24, 2.45) is 11.3 Å². The van der Waals surface area contributed by atoms with Gasteiger partial charge in [0.2, 0.25) is 0 Å². The quantitative estimate of drug-likeness (QED) is 0.706. The second kappa shape index (κ2) is 4.19. The van der Waals surface area contributed by atoms with Gasteiger partial charge >= 0.3 is 0 Å². The molecule has 0 aromatic rings. The second-order valence-corrected chi connectivity index (χ2v) is 5.30. The van der Waals surface area contributed by atoms with Gasteiger partial charge in [-0.3, -0.25) is 0 Å². The number of hydrogen-bond donors (Lipinski definition) is 2. The minimum absolute atomic E-state index is 0.386. The Morgan fingerprint density at radius 1 is 1.36 bits per heavy atom. The van der Waals surface area contributed by atoms with Crippen molar-refractivity contribution in [2.45, 2.75) is 51.5 Å². The average Bonchev–Trinajstić information content (AvgIpc) is 2.06. The van der Waals surface area contributed by atoms with E-state index in [0.717, 1.165) is 0 Å². The Bertz CT molecular complexity index is 177. The topological polar surface area (TPSA) is 32.3 Å². The molecule has 2 N–H and O–H groups in total. The monoisotopic (exact) mass is 197 g/mol. The molecule has 14 heavy (non-hydrogen) atoms. The summed E-state index contributed by atoms with van der Waals surface area (Å²) in [5, 5.41) is 12.6. The van der Waals surface area contributed by atoms with Gasteiger partial charge in [-0.1, -0.05) is 13.3 Å². The molecule has 0 saturated heterocycles. The predicted molar refractivity (Wildman–Crippen MR) is 58.2 cm³/mol. The first-order chi connectivity index (χ1) is 6.78. The molecule has 2 saturated carbocycles. The van der Waals surface area contributed by atoms with Crippen LogP contribution in [0, 0.1) is 11.3 Å². The number of aliphatic hydroxyl groups is 1. The number of hydrogen-bond acceptors (Lipinski definition) is 2. The molecule has 0 aromatic heterocycles. The van der Waals surface area contributed by atoms with Gasteiger partial charge in [-0.2, -0.15) is 0 Å². The van der Waals surface area contributed by atoms with E-state index >= 15 is 0 Å². The van der Waals surface area contributed by atoms with E-state index in [1.165, 1.54) is 45.1 Å². The lowest BCUT2D eigenvalue weighted by Gasteiger charge is -2.44. The zero-order chi connectivity index (χ0) is 10.0. The Balaban J connectivity index is 1.63. The Morgan fingerprint density at radius 3 is 2.50 bits per heavy atom. The van der Waals surface area contributed by atoms with Crippen molar-refractivity contribution < 1.29 is 5.11 Å². The van der Waals surface area contributed by atoms with Crippen LogP contribution in [0.4, 0.5) is 0 Å². The zero-order valence-electron chi connectivity index (χ0n) is 9.26. The molecule has 0 spiro atoms. The minimum Gasteiger partial charge on any atom is -0.396 e.